The largest absolute Gasteiger partial charge is 1.00 e. The van der Waals surface area contributed by atoms with E-state index in [9.17, 15) is 45.7 Å². The van der Waals surface area contributed by atoms with Crippen LogP contribution in [0.3, 0.4) is 0 Å². The van der Waals surface area contributed by atoms with Crippen LogP contribution in [-0.4, -0.2) is 106 Å². The van der Waals surface area contributed by atoms with Gasteiger partial charge in [0.1, 0.15) is 12.2 Å². The molecule has 34 heavy (non-hydrogen) atoms. The number of hydrogen-bond donors (Lipinski definition) is 6. The van der Waals surface area contributed by atoms with Gasteiger partial charge < -0.3 is 57.6 Å². The molecule has 0 spiro atoms. The number of carbonyl (C=O) groups excluding carboxylic acids is 2. The quantitative estimate of drug-likeness (QED) is 0.0699. The first-order valence-electron chi connectivity index (χ1n) is 7.69. The Hall–Kier alpha value is -0.720. The van der Waals surface area contributed by atoms with Crippen LogP contribution in [0.25, 0.3) is 0 Å². The molecular weight excluding hydrogens is 542 g/mol. The summed E-state index contributed by atoms with van der Waals surface area (Å²) in [4.78, 5) is 21.9. The number of cyclic esters (lactones) is 2. The molecule has 0 aromatic carbocycles. The van der Waals surface area contributed by atoms with Crippen molar-refractivity contribution >= 4 is 32.7 Å². The number of esters is 2. The first-order chi connectivity index (χ1) is 14.5. The minimum absolute atomic E-state index is 0. The van der Waals surface area contributed by atoms with E-state index in [0.717, 1.165) is 0 Å². The van der Waals surface area contributed by atoms with Crippen LogP contribution >= 0.6 is 0 Å². The second kappa shape index (κ2) is 14.1. The van der Waals surface area contributed by atoms with Crippen LogP contribution in [0.5, 0.6) is 0 Å². The van der Waals surface area contributed by atoms with E-state index >= 15 is 0 Å². The monoisotopic (exact) mass is 556 g/mol. The first kappa shape index (κ1) is 35.4. The van der Waals surface area contributed by atoms with E-state index < -0.39 is 93.4 Å². The van der Waals surface area contributed by atoms with Crippen molar-refractivity contribution < 1.29 is 143 Å². The van der Waals surface area contributed by atoms with E-state index in [1.165, 1.54) is 0 Å². The van der Waals surface area contributed by atoms with Gasteiger partial charge in [0.25, 0.3) is 32.3 Å². The Labute approximate surface area is 234 Å². The Morgan fingerprint density at radius 1 is 0.765 bits per heavy atom. The molecule has 4 atom stereocenters. The molecule has 0 saturated heterocycles. The molecule has 0 aromatic heterocycles. The molecule has 0 fully saturated rings. The average Bonchev–Trinajstić information content (AvgIpc) is 3.10. The third kappa shape index (κ3) is 10.1. The van der Waals surface area contributed by atoms with Gasteiger partial charge in [-0.15, -0.1) is 0 Å². The molecule has 2 rings (SSSR count). The molecule has 18 nitrogen and oxygen atoms in total. The number of aliphatic hydroxyl groups excluding tert-OH is 6. The summed E-state index contributed by atoms with van der Waals surface area (Å²) in [7, 11) is -10.5. The van der Waals surface area contributed by atoms with Crippen LogP contribution in [0.2, 0.25) is 0 Å². The van der Waals surface area contributed by atoms with Crippen molar-refractivity contribution in [3.8, 4) is 0 Å². The number of rotatable bonds is 8. The zero-order valence-corrected chi connectivity index (χ0v) is 22.8. The van der Waals surface area contributed by atoms with Gasteiger partial charge in [-0.25, -0.2) is 26.4 Å². The Kier molecular flexibility index (Phi) is 14.7. The summed E-state index contributed by atoms with van der Waals surface area (Å²) < 4.78 is 76.9. The fourth-order valence-electron chi connectivity index (χ4n) is 1.99. The predicted molar refractivity (Wildman–Crippen MR) is 86.8 cm³/mol. The molecule has 2 aliphatic heterocycles. The van der Waals surface area contributed by atoms with Crippen LogP contribution in [0, 0.1) is 0 Å². The molecule has 0 aromatic rings. The van der Waals surface area contributed by atoms with Crippen molar-refractivity contribution in [2.45, 2.75) is 24.4 Å². The van der Waals surface area contributed by atoms with Crippen LogP contribution < -0.4 is 59.1 Å². The first-order valence-corrected chi connectivity index (χ1v) is 10.4. The van der Waals surface area contributed by atoms with Crippen molar-refractivity contribution in [2.75, 3.05) is 13.2 Å². The van der Waals surface area contributed by atoms with Gasteiger partial charge in [-0.05, 0) is 0 Å². The van der Waals surface area contributed by atoms with Crippen molar-refractivity contribution in [1.82, 2.24) is 0 Å². The SMILES string of the molecule is O=C1O[C@H]([C@@H](O)CO)C(O)=C1OS(=O)(=O)[O-].O=C1O[C@H]([C@@H](O)CO)C(O)=C1OS(=O)(=O)[O-].[Na+].[Na+]. The van der Waals surface area contributed by atoms with Gasteiger partial charge in [0.15, 0.2) is 23.7 Å². The smallest absolute Gasteiger partial charge is 0.716 e. The van der Waals surface area contributed by atoms with Crippen molar-refractivity contribution in [3.63, 3.8) is 0 Å². The molecule has 2 heterocycles. The van der Waals surface area contributed by atoms with Crippen LogP contribution in [0.15, 0.2) is 23.0 Å². The molecule has 184 valence electrons. The van der Waals surface area contributed by atoms with Crippen molar-refractivity contribution in [2.24, 2.45) is 0 Å². The Morgan fingerprint density at radius 2 is 1.03 bits per heavy atom. The summed E-state index contributed by atoms with van der Waals surface area (Å²) >= 11 is 0. The molecule has 0 saturated carbocycles. The second-order valence-electron chi connectivity index (χ2n) is 5.56. The van der Waals surface area contributed by atoms with Gasteiger partial charge in [-0.1, -0.05) is 0 Å². The van der Waals surface area contributed by atoms with Crippen LogP contribution in [0.1, 0.15) is 0 Å². The standard InChI is InChI=1S/2C6H8O9S.2Na/c2*7-1-2(8)4-3(9)5(6(10)14-4)15-16(11,12)13;;/h2*2,4,7-9H,1H2,(H,11,12,13);;/q;;2*+1/p-2/t2*2-,4+;;/m00../s1. The van der Waals surface area contributed by atoms with Crippen molar-refractivity contribution in [3.05, 3.63) is 23.0 Å². The number of carbonyl (C=O) groups is 2. The van der Waals surface area contributed by atoms with E-state index in [0.29, 0.717) is 0 Å². The molecule has 0 radical (unpaired) electrons. The summed E-state index contributed by atoms with van der Waals surface area (Å²) in [6.45, 7) is -1.70. The van der Waals surface area contributed by atoms with E-state index in [1.807, 2.05) is 0 Å². The second-order valence-corrected chi connectivity index (χ2v) is 7.53. The number of hydrogen-bond acceptors (Lipinski definition) is 18. The summed E-state index contributed by atoms with van der Waals surface area (Å²) in [5.74, 6) is -7.40. The van der Waals surface area contributed by atoms with Crippen LogP contribution in [-0.2, 0) is 48.2 Å². The fraction of sp³-hybridized carbons (Fsp3) is 0.500. The number of ether oxygens (including phenoxy) is 2. The van der Waals surface area contributed by atoms with Gasteiger partial charge in [0.2, 0.25) is 0 Å². The maximum atomic E-state index is 10.9. The van der Waals surface area contributed by atoms with E-state index in [1.54, 1.807) is 0 Å². The zero-order valence-electron chi connectivity index (χ0n) is 17.1. The zero-order chi connectivity index (χ0) is 25.0. The Morgan fingerprint density at radius 3 is 1.24 bits per heavy atom. The summed E-state index contributed by atoms with van der Waals surface area (Å²) in [5.41, 5.74) is 0. The minimum Gasteiger partial charge on any atom is -0.716 e. The summed E-state index contributed by atoms with van der Waals surface area (Å²) in [5, 5.41) is 53.6. The summed E-state index contributed by atoms with van der Waals surface area (Å²) in [6, 6.07) is 0. The molecule has 2 aliphatic rings. The van der Waals surface area contributed by atoms with E-state index in [-0.39, 0.29) is 59.1 Å². The third-order valence-corrected chi connectivity index (χ3v) is 4.03. The minimum atomic E-state index is -5.24. The Bertz CT molecular complexity index is 936. The molecule has 0 unspecified atom stereocenters. The summed E-state index contributed by atoms with van der Waals surface area (Å²) in [6.07, 6.45) is -6.62. The van der Waals surface area contributed by atoms with Gasteiger partial charge in [-0.3, -0.25) is 0 Å². The average molecular weight is 556 g/mol. The molecular formula is C12H14Na2O18S2. The van der Waals surface area contributed by atoms with Gasteiger partial charge >= 0.3 is 71.1 Å². The maximum absolute atomic E-state index is 10.9. The van der Waals surface area contributed by atoms with E-state index in [2.05, 4.69) is 17.8 Å². The normalized spacial score (nSPS) is 21.8. The van der Waals surface area contributed by atoms with E-state index in [4.69, 9.17) is 20.4 Å². The fourth-order valence-corrected chi connectivity index (χ4v) is 2.70. The molecule has 0 bridgehead atoms. The molecule has 6 N–H and O–H groups in total. The molecule has 0 amide bonds. The van der Waals surface area contributed by atoms with Crippen molar-refractivity contribution in [1.29, 1.82) is 0 Å². The van der Waals surface area contributed by atoms with Gasteiger partial charge in [-0.2, -0.15) is 0 Å². The van der Waals surface area contributed by atoms with Gasteiger partial charge in [0, 0.05) is 0 Å². The van der Waals surface area contributed by atoms with Gasteiger partial charge in [0.05, 0.1) is 13.2 Å². The Balaban J connectivity index is 0. The van der Waals surface area contributed by atoms with Crippen LogP contribution in [0.4, 0.5) is 0 Å². The number of aliphatic hydroxyl groups is 6. The molecule has 0 aliphatic carbocycles. The molecule has 22 heteroatoms. The maximum Gasteiger partial charge on any atom is 1.00 e. The predicted octanol–water partition coefficient (Wildman–Crippen LogP) is -11.0. The topological polar surface area (TPSA) is 307 Å². The third-order valence-electron chi connectivity index (χ3n) is 3.29.